The molecule has 0 aromatic heterocycles. The van der Waals surface area contributed by atoms with E-state index in [2.05, 4.69) is 56.3 Å². The first-order chi connectivity index (χ1) is 8.27. The molecule has 90 valence electrons. The van der Waals surface area contributed by atoms with Crippen LogP contribution in [0.2, 0.25) is 0 Å². The highest BCUT2D eigenvalue weighted by Crippen LogP contribution is 2.36. The maximum atomic E-state index is 6.65. The van der Waals surface area contributed by atoms with Crippen molar-refractivity contribution in [2.24, 2.45) is 5.92 Å². The topological polar surface area (TPSA) is 0 Å². The zero-order valence-corrected chi connectivity index (χ0v) is 11.2. The fourth-order valence-corrected chi connectivity index (χ4v) is 2.99. The molecule has 1 heteroatoms. The van der Waals surface area contributed by atoms with Gasteiger partial charge in [-0.25, -0.2) is 0 Å². The molecule has 0 saturated carbocycles. The molecule has 0 heterocycles. The Hall–Kier alpha value is -1.01. The van der Waals surface area contributed by atoms with Crippen LogP contribution in [0.5, 0.6) is 0 Å². The minimum Gasteiger partial charge on any atom is -0.117 e. The number of halogens is 1. The lowest BCUT2D eigenvalue weighted by molar-refractivity contribution is 0.477. The molecule has 2 rings (SSSR count). The van der Waals surface area contributed by atoms with Gasteiger partial charge in [0.05, 0.1) is 5.38 Å². The van der Waals surface area contributed by atoms with Crippen molar-refractivity contribution in [1.82, 2.24) is 0 Å². The van der Waals surface area contributed by atoms with Crippen molar-refractivity contribution in [3.63, 3.8) is 0 Å². The second kappa shape index (κ2) is 5.55. The van der Waals surface area contributed by atoms with Gasteiger partial charge in [0.2, 0.25) is 0 Å². The van der Waals surface area contributed by atoms with E-state index >= 15 is 0 Å². The molecule has 0 amide bonds. The van der Waals surface area contributed by atoms with E-state index in [1.165, 1.54) is 16.3 Å². The molecule has 0 aliphatic heterocycles. The fraction of sp³-hybridized carbons (Fsp3) is 0.375. The third-order valence-electron chi connectivity index (χ3n) is 3.58. The van der Waals surface area contributed by atoms with Crippen LogP contribution in [-0.2, 0) is 0 Å². The van der Waals surface area contributed by atoms with Crippen LogP contribution in [0, 0.1) is 5.92 Å². The Balaban J connectivity index is 2.47. The van der Waals surface area contributed by atoms with Gasteiger partial charge < -0.3 is 0 Å². The van der Waals surface area contributed by atoms with Gasteiger partial charge in [-0.1, -0.05) is 69.2 Å². The predicted molar refractivity (Wildman–Crippen MR) is 76.6 cm³/mol. The van der Waals surface area contributed by atoms with Crippen LogP contribution in [0.15, 0.2) is 42.5 Å². The molecule has 17 heavy (non-hydrogen) atoms. The summed E-state index contributed by atoms with van der Waals surface area (Å²) in [5.74, 6) is 0.558. The molecule has 1 atom stereocenters. The fourth-order valence-electron chi connectivity index (χ4n) is 2.45. The monoisotopic (exact) mass is 246 g/mol. The third kappa shape index (κ3) is 2.47. The first-order valence-electron chi connectivity index (χ1n) is 6.39. The number of alkyl halides is 1. The standard InChI is InChI=1S/C16H19Cl/c1-3-12(4-2)16(17)15-11-7-9-13-8-5-6-10-14(13)15/h5-12,16H,3-4H2,1-2H3. The second-order valence-electron chi connectivity index (χ2n) is 4.55. The molecule has 0 fully saturated rings. The van der Waals surface area contributed by atoms with Crippen LogP contribution < -0.4 is 0 Å². The van der Waals surface area contributed by atoms with E-state index in [0.717, 1.165) is 12.8 Å². The van der Waals surface area contributed by atoms with Gasteiger partial charge in [-0.3, -0.25) is 0 Å². The summed E-state index contributed by atoms with van der Waals surface area (Å²) in [5, 5.41) is 2.69. The first kappa shape index (κ1) is 12.4. The van der Waals surface area contributed by atoms with Crippen LogP contribution in [0.3, 0.4) is 0 Å². The number of rotatable bonds is 4. The minimum atomic E-state index is 0.121. The van der Waals surface area contributed by atoms with Gasteiger partial charge in [0.25, 0.3) is 0 Å². The van der Waals surface area contributed by atoms with Crippen LogP contribution in [0.1, 0.15) is 37.6 Å². The Kier molecular flexibility index (Phi) is 4.06. The van der Waals surface area contributed by atoms with Gasteiger partial charge in [0.15, 0.2) is 0 Å². The van der Waals surface area contributed by atoms with Crippen LogP contribution >= 0.6 is 11.6 Å². The summed E-state index contributed by atoms with van der Waals surface area (Å²) in [6, 6.07) is 14.9. The Bertz CT molecular complexity index is 480. The van der Waals surface area contributed by atoms with Gasteiger partial charge in [-0.05, 0) is 22.3 Å². The molecule has 0 bridgehead atoms. The summed E-state index contributed by atoms with van der Waals surface area (Å²) in [5.41, 5.74) is 1.28. The van der Waals surface area contributed by atoms with E-state index < -0.39 is 0 Å². The molecule has 2 aromatic rings. The van der Waals surface area contributed by atoms with Crippen LogP contribution in [0.4, 0.5) is 0 Å². The highest BCUT2D eigenvalue weighted by atomic mass is 35.5. The van der Waals surface area contributed by atoms with E-state index in [-0.39, 0.29) is 5.38 Å². The number of hydrogen-bond donors (Lipinski definition) is 0. The highest BCUT2D eigenvalue weighted by Gasteiger charge is 2.19. The molecule has 0 aliphatic rings. The lowest BCUT2D eigenvalue weighted by atomic mass is 9.91. The molecular formula is C16H19Cl. The van der Waals surface area contributed by atoms with E-state index in [0.29, 0.717) is 5.92 Å². The largest absolute Gasteiger partial charge is 0.117 e. The minimum absolute atomic E-state index is 0.121. The number of fused-ring (bicyclic) bond motifs is 1. The van der Waals surface area contributed by atoms with Gasteiger partial charge in [0, 0.05) is 0 Å². The van der Waals surface area contributed by atoms with Crippen molar-refractivity contribution in [1.29, 1.82) is 0 Å². The van der Waals surface area contributed by atoms with Crippen molar-refractivity contribution in [3.05, 3.63) is 48.0 Å². The quantitative estimate of drug-likeness (QED) is 0.620. The maximum Gasteiger partial charge on any atom is 0.0619 e. The number of benzene rings is 2. The lowest BCUT2D eigenvalue weighted by Crippen LogP contribution is -2.06. The number of hydrogen-bond acceptors (Lipinski definition) is 0. The van der Waals surface area contributed by atoms with Gasteiger partial charge >= 0.3 is 0 Å². The van der Waals surface area contributed by atoms with Crippen molar-refractivity contribution in [2.45, 2.75) is 32.1 Å². The Morgan fingerprint density at radius 1 is 0.941 bits per heavy atom. The van der Waals surface area contributed by atoms with E-state index in [4.69, 9.17) is 11.6 Å². The predicted octanol–water partition coefficient (Wildman–Crippen LogP) is 5.56. The Labute approximate surface area is 109 Å². The van der Waals surface area contributed by atoms with Crippen molar-refractivity contribution in [3.8, 4) is 0 Å². The summed E-state index contributed by atoms with van der Waals surface area (Å²) < 4.78 is 0. The zero-order valence-electron chi connectivity index (χ0n) is 10.5. The first-order valence-corrected chi connectivity index (χ1v) is 6.83. The van der Waals surface area contributed by atoms with E-state index in [1.807, 2.05) is 0 Å². The molecule has 0 aliphatic carbocycles. The molecule has 0 spiro atoms. The van der Waals surface area contributed by atoms with E-state index in [1.54, 1.807) is 0 Å². The summed E-state index contributed by atoms with van der Waals surface area (Å²) in [6.45, 7) is 4.43. The summed E-state index contributed by atoms with van der Waals surface area (Å²) in [6.07, 6.45) is 2.27. The summed E-state index contributed by atoms with van der Waals surface area (Å²) in [7, 11) is 0. The Morgan fingerprint density at radius 3 is 2.29 bits per heavy atom. The second-order valence-corrected chi connectivity index (χ2v) is 5.02. The molecule has 0 saturated heterocycles. The molecule has 0 nitrogen and oxygen atoms in total. The Morgan fingerprint density at radius 2 is 1.59 bits per heavy atom. The smallest absolute Gasteiger partial charge is 0.0619 e. The van der Waals surface area contributed by atoms with E-state index in [9.17, 15) is 0 Å². The molecule has 2 aromatic carbocycles. The SMILES string of the molecule is CCC(CC)C(Cl)c1cccc2ccccc12. The average molecular weight is 247 g/mol. The van der Waals surface area contributed by atoms with Gasteiger partial charge in [0.1, 0.15) is 0 Å². The molecule has 0 N–H and O–H groups in total. The zero-order chi connectivity index (χ0) is 12.3. The summed E-state index contributed by atoms with van der Waals surface area (Å²) >= 11 is 6.65. The molecule has 1 unspecified atom stereocenters. The van der Waals surface area contributed by atoms with Crippen LogP contribution in [-0.4, -0.2) is 0 Å². The maximum absolute atomic E-state index is 6.65. The van der Waals surface area contributed by atoms with Gasteiger partial charge in [-0.15, -0.1) is 11.6 Å². The van der Waals surface area contributed by atoms with Crippen molar-refractivity contribution in [2.75, 3.05) is 0 Å². The highest BCUT2D eigenvalue weighted by molar-refractivity contribution is 6.22. The average Bonchev–Trinajstić information content (AvgIpc) is 2.39. The van der Waals surface area contributed by atoms with Gasteiger partial charge in [-0.2, -0.15) is 0 Å². The molecule has 0 radical (unpaired) electrons. The van der Waals surface area contributed by atoms with Crippen LogP contribution in [0.25, 0.3) is 10.8 Å². The lowest BCUT2D eigenvalue weighted by Gasteiger charge is -2.21. The third-order valence-corrected chi connectivity index (χ3v) is 4.17. The summed E-state index contributed by atoms with van der Waals surface area (Å²) in [4.78, 5) is 0. The van der Waals surface area contributed by atoms with Crippen molar-refractivity contribution < 1.29 is 0 Å². The van der Waals surface area contributed by atoms with Crippen molar-refractivity contribution >= 4 is 22.4 Å². The molecular weight excluding hydrogens is 228 g/mol. The normalized spacial score (nSPS) is 13.2.